The molecule has 0 atom stereocenters. The maximum atomic E-state index is 6.12. The van der Waals surface area contributed by atoms with Crippen LogP contribution in [0.2, 0.25) is 0 Å². The Morgan fingerprint density at radius 3 is 2.81 bits per heavy atom. The molecule has 3 rings (SSSR count). The molecule has 1 aliphatic carbocycles. The van der Waals surface area contributed by atoms with Crippen molar-refractivity contribution < 1.29 is 4.74 Å². The molecule has 0 amide bonds. The third-order valence-electron chi connectivity index (χ3n) is 3.60. The molecule has 0 saturated heterocycles. The highest BCUT2D eigenvalue weighted by molar-refractivity contribution is 5.71. The summed E-state index contributed by atoms with van der Waals surface area (Å²) in [6, 6.07) is 3.75. The Bertz CT molecular complexity index is 584. The zero-order chi connectivity index (χ0) is 14.5. The highest BCUT2D eigenvalue weighted by Gasteiger charge is 2.18. The number of nitrogens with zero attached hydrogens (tertiary/aromatic N) is 3. The van der Waals surface area contributed by atoms with Gasteiger partial charge >= 0.3 is 0 Å². The number of hydrogen-bond donors (Lipinski definition) is 2. The Balaban J connectivity index is 1.75. The van der Waals surface area contributed by atoms with Gasteiger partial charge in [0, 0.05) is 6.20 Å². The van der Waals surface area contributed by atoms with Gasteiger partial charge in [-0.2, -0.15) is 4.98 Å². The maximum Gasteiger partial charge on any atom is 0.242 e. The minimum Gasteiger partial charge on any atom is -0.473 e. The van der Waals surface area contributed by atoms with Crippen LogP contribution in [0.4, 0.5) is 17.2 Å². The van der Waals surface area contributed by atoms with Crippen molar-refractivity contribution in [2.75, 3.05) is 11.1 Å². The monoisotopic (exact) mass is 285 g/mol. The van der Waals surface area contributed by atoms with Crippen molar-refractivity contribution in [3.63, 3.8) is 0 Å². The summed E-state index contributed by atoms with van der Waals surface area (Å²) in [5, 5.41) is 3.13. The highest BCUT2D eigenvalue weighted by Crippen LogP contribution is 2.30. The molecule has 6 nitrogen and oxygen atoms in total. The molecule has 0 bridgehead atoms. The first kappa shape index (κ1) is 13.6. The molecular formula is C15H19N5O. The fourth-order valence-electron chi connectivity index (χ4n) is 2.49. The van der Waals surface area contributed by atoms with E-state index < -0.39 is 0 Å². The third-order valence-corrected chi connectivity index (χ3v) is 3.60. The molecule has 6 heteroatoms. The highest BCUT2D eigenvalue weighted by atomic mass is 16.5. The lowest BCUT2D eigenvalue weighted by atomic mass is 9.98. The predicted octanol–water partition coefficient (Wildman–Crippen LogP) is 2.91. The number of hydrogen-bond acceptors (Lipinski definition) is 6. The lowest BCUT2D eigenvalue weighted by molar-refractivity contribution is 0.149. The van der Waals surface area contributed by atoms with Crippen molar-refractivity contribution in [1.29, 1.82) is 0 Å². The summed E-state index contributed by atoms with van der Waals surface area (Å²) in [5.41, 5.74) is 7.38. The summed E-state index contributed by atoms with van der Waals surface area (Å²) in [5.74, 6) is 1.01. The first-order valence-corrected chi connectivity index (χ1v) is 7.27. The number of nitrogens with one attached hydrogen (secondary N) is 1. The van der Waals surface area contributed by atoms with Crippen LogP contribution < -0.4 is 15.8 Å². The zero-order valence-corrected chi connectivity index (χ0v) is 11.8. The van der Waals surface area contributed by atoms with E-state index in [4.69, 9.17) is 10.5 Å². The van der Waals surface area contributed by atoms with Crippen molar-refractivity contribution in [2.45, 2.75) is 38.2 Å². The minimum absolute atomic E-state index is 0.210. The van der Waals surface area contributed by atoms with Crippen LogP contribution in [0.1, 0.15) is 32.1 Å². The van der Waals surface area contributed by atoms with Crippen LogP contribution >= 0.6 is 0 Å². The second-order valence-corrected chi connectivity index (χ2v) is 5.19. The van der Waals surface area contributed by atoms with Gasteiger partial charge in [0.15, 0.2) is 5.82 Å². The van der Waals surface area contributed by atoms with Gasteiger partial charge in [-0.3, -0.25) is 4.98 Å². The van der Waals surface area contributed by atoms with E-state index in [1.807, 2.05) is 12.1 Å². The Labute approximate surface area is 123 Å². The van der Waals surface area contributed by atoms with Crippen molar-refractivity contribution in [2.24, 2.45) is 0 Å². The quantitative estimate of drug-likeness (QED) is 0.898. The number of nitrogen functional groups attached to an aromatic ring is 1. The van der Waals surface area contributed by atoms with Crippen LogP contribution in [-0.4, -0.2) is 21.1 Å². The molecule has 0 unspecified atom stereocenters. The molecule has 2 heterocycles. The first-order valence-electron chi connectivity index (χ1n) is 7.27. The van der Waals surface area contributed by atoms with E-state index in [-0.39, 0.29) is 6.10 Å². The Morgan fingerprint density at radius 1 is 1.19 bits per heavy atom. The molecule has 2 aromatic heterocycles. The number of nitrogens with two attached hydrogens (primary N) is 1. The number of aromatic nitrogens is 3. The molecule has 21 heavy (non-hydrogen) atoms. The Hall–Kier alpha value is -2.37. The molecule has 110 valence electrons. The van der Waals surface area contributed by atoms with Crippen LogP contribution in [0.3, 0.4) is 0 Å². The SMILES string of the molecule is Nc1c(Nc2cccnc2)ncnc1OC1CCCCC1. The molecule has 1 aliphatic rings. The Morgan fingerprint density at radius 2 is 2.05 bits per heavy atom. The molecular weight excluding hydrogens is 266 g/mol. The summed E-state index contributed by atoms with van der Waals surface area (Å²) >= 11 is 0. The number of anilines is 3. The topological polar surface area (TPSA) is 86.0 Å². The smallest absolute Gasteiger partial charge is 0.242 e. The summed E-state index contributed by atoms with van der Waals surface area (Å²) in [6.45, 7) is 0. The number of rotatable bonds is 4. The van der Waals surface area contributed by atoms with E-state index in [0.717, 1.165) is 18.5 Å². The fourth-order valence-corrected chi connectivity index (χ4v) is 2.49. The standard InChI is InChI=1S/C15H19N5O/c16-13-14(20-11-5-4-8-17-9-11)18-10-19-15(13)21-12-6-2-1-3-7-12/h4-5,8-10,12H,1-3,6-7,16H2,(H,18,19,20). The molecule has 0 spiro atoms. The second-order valence-electron chi connectivity index (χ2n) is 5.19. The van der Waals surface area contributed by atoms with Gasteiger partial charge in [0.1, 0.15) is 18.1 Å². The van der Waals surface area contributed by atoms with Gasteiger partial charge < -0.3 is 15.8 Å². The zero-order valence-electron chi connectivity index (χ0n) is 11.8. The molecule has 1 fully saturated rings. The Kier molecular flexibility index (Phi) is 4.14. The molecule has 0 aliphatic heterocycles. The van der Waals surface area contributed by atoms with Gasteiger partial charge in [-0.05, 0) is 37.8 Å². The van der Waals surface area contributed by atoms with Crippen molar-refractivity contribution in [3.05, 3.63) is 30.9 Å². The van der Waals surface area contributed by atoms with Crippen molar-refractivity contribution >= 4 is 17.2 Å². The van der Waals surface area contributed by atoms with Gasteiger partial charge in [-0.1, -0.05) is 6.42 Å². The van der Waals surface area contributed by atoms with E-state index >= 15 is 0 Å². The molecule has 3 N–H and O–H groups in total. The van der Waals surface area contributed by atoms with Gasteiger partial charge in [0.05, 0.1) is 11.9 Å². The third kappa shape index (κ3) is 3.39. The second kappa shape index (κ2) is 6.39. The van der Waals surface area contributed by atoms with Crippen LogP contribution in [-0.2, 0) is 0 Å². The van der Waals surface area contributed by atoms with Gasteiger partial charge in [0.2, 0.25) is 5.88 Å². The molecule has 1 saturated carbocycles. The van der Waals surface area contributed by atoms with Crippen LogP contribution in [0.15, 0.2) is 30.9 Å². The van der Waals surface area contributed by atoms with Gasteiger partial charge in [0.25, 0.3) is 0 Å². The lowest BCUT2D eigenvalue weighted by Gasteiger charge is -2.23. The maximum absolute atomic E-state index is 6.12. The molecule has 2 aromatic rings. The van der Waals surface area contributed by atoms with Gasteiger partial charge in [-0.25, -0.2) is 4.98 Å². The lowest BCUT2D eigenvalue weighted by Crippen LogP contribution is -2.21. The van der Waals surface area contributed by atoms with Gasteiger partial charge in [-0.15, -0.1) is 0 Å². The fraction of sp³-hybridized carbons (Fsp3) is 0.400. The van der Waals surface area contributed by atoms with E-state index in [2.05, 4.69) is 20.3 Å². The van der Waals surface area contributed by atoms with Crippen LogP contribution in [0, 0.1) is 0 Å². The number of ether oxygens (including phenoxy) is 1. The first-order chi connectivity index (χ1) is 10.3. The van der Waals surface area contributed by atoms with E-state index in [1.165, 1.54) is 25.6 Å². The molecule has 0 radical (unpaired) electrons. The van der Waals surface area contributed by atoms with E-state index in [0.29, 0.717) is 17.4 Å². The minimum atomic E-state index is 0.210. The normalized spacial score (nSPS) is 15.6. The predicted molar refractivity (Wildman–Crippen MR) is 81.5 cm³/mol. The molecule has 0 aromatic carbocycles. The summed E-state index contributed by atoms with van der Waals surface area (Å²) in [7, 11) is 0. The largest absolute Gasteiger partial charge is 0.473 e. The van der Waals surface area contributed by atoms with Crippen molar-refractivity contribution in [3.8, 4) is 5.88 Å². The van der Waals surface area contributed by atoms with Crippen LogP contribution in [0.5, 0.6) is 5.88 Å². The van der Waals surface area contributed by atoms with Crippen LogP contribution in [0.25, 0.3) is 0 Å². The van der Waals surface area contributed by atoms with Crippen molar-refractivity contribution in [1.82, 2.24) is 15.0 Å². The summed E-state index contributed by atoms with van der Waals surface area (Å²) in [4.78, 5) is 12.4. The summed E-state index contributed by atoms with van der Waals surface area (Å²) in [6.07, 6.45) is 10.9. The average molecular weight is 285 g/mol. The van der Waals surface area contributed by atoms with E-state index in [1.54, 1.807) is 12.4 Å². The summed E-state index contributed by atoms with van der Waals surface area (Å²) < 4.78 is 5.93. The van der Waals surface area contributed by atoms with E-state index in [9.17, 15) is 0 Å². The average Bonchev–Trinajstić information content (AvgIpc) is 2.53. The number of pyridine rings is 1.